The predicted octanol–water partition coefficient (Wildman–Crippen LogP) is 2.46. The molecule has 0 unspecified atom stereocenters. The minimum atomic E-state index is 0.342. The fourth-order valence-electron chi connectivity index (χ4n) is 2.81. The summed E-state index contributed by atoms with van der Waals surface area (Å²) in [6.07, 6.45) is 5.31. The highest BCUT2D eigenvalue weighted by molar-refractivity contribution is 6.31. The van der Waals surface area contributed by atoms with Gasteiger partial charge in [0.2, 0.25) is 0 Å². The fraction of sp³-hybridized carbons (Fsp3) is 0.333. The summed E-state index contributed by atoms with van der Waals surface area (Å²) in [5.74, 6) is 0. The average Bonchev–Trinajstić information content (AvgIpc) is 3.15. The van der Waals surface area contributed by atoms with Crippen LogP contribution < -0.4 is 10.2 Å². The third-order valence-corrected chi connectivity index (χ3v) is 4.17. The fourth-order valence-corrected chi connectivity index (χ4v) is 3.02. The molecule has 3 aromatic rings. The van der Waals surface area contributed by atoms with Gasteiger partial charge in [-0.25, -0.2) is 4.98 Å². The normalized spacial score (nSPS) is 19.0. The van der Waals surface area contributed by atoms with Crippen molar-refractivity contribution in [2.24, 2.45) is 0 Å². The Balaban J connectivity index is 1.85. The van der Waals surface area contributed by atoms with Gasteiger partial charge in [-0.3, -0.25) is 0 Å². The van der Waals surface area contributed by atoms with Crippen LogP contribution in [-0.2, 0) is 0 Å². The summed E-state index contributed by atoms with van der Waals surface area (Å²) in [5, 5.41) is 4.00. The number of fused-ring (bicyclic) bond motifs is 1. The standard InChI is InChI=1S/C15H16ClN5O/c1-10-8-17-3-5-21(10)15-19-12-6-11(16)7-13(14(12)22-15)20-4-2-18-9-20/h2,4,6-7,9-10,17H,3,5,8H2,1H3/t10-/m0/s1. The van der Waals surface area contributed by atoms with E-state index in [1.807, 2.05) is 22.9 Å². The second-order valence-electron chi connectivity index (χ2n) is 5.49. The van der Waals surface area contributed by atoms with E-state index >= 15 is 0 Å². The van der Waals surface area contributed by atoms with E-state index in [9.17, 15) is 0 Å². The largest absolute Gasteiger partial charge is 0.421 e. The van der Waals surface area contributed by atoms with Gasteiger partial charge >= 0.3 is 0 Å². The van der Waals surface area contributed by atoms with Crippen molar-refractivity contribution in [2.45, 2.75) is 13.0 Å². The molecular weight excluding hydrogens is 302 g/mol. The number of rotatable bonds is 2. The molecule has 1 aliphatic rings. The van der Waals surface area contributed by atoms with Crippen LogP contribution in [0.15, 0.2) is 35.3 Å². The molecule has 1 fully saturated rings. The Morgan fingerprint density at radius 1 is 1.41 bits per heavy atom. The smallest absolute Gasteiger partial charge is 0.298 e. The Morgan fingerprint density at radius 3 is 3.09 bits per heavy atom. The first-order valence-electron chi connectivity index (χ1n) is 7.28. The van der Waals surface area contributed by atoms with Gasteiger partial charge < -0.3 is 19.2 Å². The van der Waals surface area contributed by atoms with Crippen molar-refractivity contribution in [3.05, 3.63) is 35.9 Å². The predicted molar refractivity (Wildman–Crippen MR) is 85.8 cm³/mol. The van der Waals surface area contributed by atoms with Crippen LogP contribution >= 0.6 is 11.6 Å². The van der Waals surface area contributed by atoms with Crippen LogP contribution in [0.2, 0.25) is 5.02 Å². The molecule has 114 valence electrons. The first kappa shape index (κ1) is 13.6. The van der Waals surface area contributed by atoms with E-state index < -0.39 is 0 Å². The Kier molecular flexibility index (Phi) is 3.28. The first-order chi connectivity index (χ1) is 10.7. The van der Waals surface area contributed by atoms with Crippen molar-refractivity contribution in [1.82, 2.24) is 19.9 Å². The summed E-state index contributed by atoms with van der Waals surface area (Å²) in [4.78, 5) is 10.9. The summed E-state index contributed by atoms with van der Waals surface area (Å²) in [6, 6.07) is 4.68. The van der Waals surface area contributed by atoms with Crippen LogP contribution in [0.4, 0.5) is 6.01 Å². The van der Waals surface area contributed by atoms with Gasteiger partial charge in [0.15, 0.2) is 5.58 Å². The lowest BCUT2D eigenvalue weighted by atomic mass is 10.2. The number of anilines is 1. The molecule has 7 heteroatoms. The molecule has 1 aromatic carbocycles. The molecule has 0 radical (unpaired) electrons. The van der Waals surface area contributed by atoms with E-state index in [0.29, 0.717) is 17.1 Å². The van der Waals surface area contributed by atoms with E-state index in [-0.39, 0.29) is 0 Å². The molecule has 22 heavy (non-hydrogen) atoms. The molecule has 1 aliphatic heterocycles. The van der Waals surface area contributed by atoms with Gasteiger partial charge in [0.1, 0.15) is 5.52 Å². The molecule has 0 amide bonds. The van der Waals surface area contributed by atoms with Crippen LogP contribution in [0.5, 0.6) is 0 Å². The maximum absolute atomic E-state index is 6.23. The lowest BCUT2D eigenvalue weighted by Crippen LogP contribution is -2.50. The molecule has 1 N–H and O–H groups in total. The van der Waals surface area contributed by atoms with Gasteiger partial charge in [0, 0.05) is 43.1 Å². The average molecular weight is 318 g/mol. The van der Waals surface area contributed by atoms with E-state index in [1.54, 1.807) is 12.5 Å². The van der Waals surface area contributed by atoms with E-state index in [2.05, 4.69) is 27.1 Å². The summed E-state index contributed by atoms with van der Waals surface area (Å²) in [6.45, 7) is 4.89. The van der Waals surface area contributed by atoms with Crippen molar-refractivity contribution in [3.8, 4) is 5.69 Å². The number of imidazole rings is 1. The zero-order valence-electron chi connectivity index (χ0n) is 12.2. The van der Waals surface area contributed by atoms with E-state index in [0.717, 1.165) is 36.4 Å². The highest BCUT2D eigenvalue weighted by Gasteiger charge is 2.24. The van der Waals surface area contributed by atoms with Crippen molar-refractivity contribution < 1.29 is 4.42 Å². The Hall–Kier alpha value is -2.05. The van der Waals surface area contributed by atoms with Crippen molar-refractivity contribution in [1.29, 1.82) is 0 Å². The van der Waals surface area contributed by atoms with E-state index in [1.165, 1.54) is 0 Å². The lowest BCUT2D eigenvalue weighted by molar-refractivity contribution is 0.456. The molecule has 0 aliphatic carbocycles. The van der Waals surface area contributed by atoms with Gasteiger partial charge in [0.25, 0.3) is 6.01 Å². The molecule has 1 saturated heterocycles. The number of aromatic nitrogens is 3. The summed E-state index contributed by atoms with van der Waals surface area (Å²) in [7, 11) is 0. The molecular formula is C15H16ClN5O. The maximum atomic E-state index is 6.23. The number of nitrogens with zero attached hydrogens (tertiary/aromatic N) is 4. The Bertz CT molecular complexity index is 798. The Morgan fingerprint density at radius 2 is 2.32 bits per heavy atom. The van der Waals surface area contributed by atoms with Crippen LogP contribution in [0, 0.1) is 0 Å². The molecule has 1 atom stereocenters. The third kappa shape index (κ3) is 2.24. The first-order valence-corrected chi connectivity index (χ1v) is 7.66. The number of halogens is 1. The van der Waals surface area contributed by atoms with Crippen LogP contribution in [0.3, 0.4) is 0 Å². The highest BCUT2D eigenvalue weighted by atomic mass is 35.5. The molecule has 0 saturated carbocycles. The topological polar surface area (TPSA) is 59.1 Å². The molecule has 0 bridgehead atoms. The number of hydrogen-bond donors (Lipinski definition) is 1. The molecule has 4 rings (SSSR count). The minimum Gasteiger partial charge on any atom is -0.421 e. The molecule has 3 heterocycles. The van der Waals surface area contributed by atoms with Crippen LogP contribution in [0.1, 0.15) is 6.92 Å². The van der Waals surface area contributed by atoms with Gasteiger partial charge in [-0.05, 0) is 19.1 Å². The summed E-state index contributed by atoms with van der Waals surface area (Å²) >= 11 is 6.23. The Labute approximate surface area is 132 Å². The van der Waals surface area contributed by atoms with Crippen molar-refractivity contribution in [2.75, 3.05) is 24.5 Å². The zero-order valence-corrected chi connectivity index (χ0v) is 12.9. The quantitative estimate of drug-likeness (QED) is 0.787. The molecule has 6 nitrogen and oxygen atoms in total. The van der Waals surface area contributed by atoms with Gasteiger partial charge in [-0.15, -0.1) is 0 Å². The maximum Gasteiger partial charge on any atom is 0.298 e. The second-order valence-corrected chi connectivity index (χ2v) is 5.92. The van der Waals surface area contributed by atoms with Crippen molar-refractivity contribution in [3.63, 3.8) is 0 Å². The van der Waals surface area contributed by atoms with Crippen LogP contribution in [-0.4, -0.2) is 40.2 Å². The number of nitrogens with one attached hydrogen (secondary N) is 1. The van der Waals surface area contributed by atoms with E-state index in [4.69, 9.17) is 16.0 Å². The highest BCUT2D eigenvalue weighted by Crippen LogP contribution is 2.31. The monoisotopic (exact) mass is 317 g/mol. The molecule has 0 spiro atoms. The lowest BCUT2D eigenvalue weighted by Gasteiger charge is -2.32. The SMILES string of the molecule is C[C@H]1CNCCN1c1nc2cc(Cl)cc(-n3ccnc3)c2o1. The van der Waals surface area contributed by atoms with Gasteiger partial charge in [-0.2, -0.15) is 4.98 Å². The number of benzene rings is 1. The van der Waals surface area contributed by atoms with Crippen LogP contribution in [0.25, 0.3) is 16.8 Å². The second kappa shape index (κ2) is 5.30. The number of hydrogen-bond acceptors (Lipinski definition) is 5. The summed E-state index contributed by atoms with van der Waals surface area (Å²) in [5.41, 5.74) is 2.33. The number of oxazole rings is 1. The number of piperazine rings is 1. The van der Waals surface area contributed by atoms with Gasteiger partial charge in [0.05, 0.1) is 12.0 Å². The minimum absolute atomic E-state index is 0.342. The van der Waals surface area contributed by atoms with Gasteiger partial charge in [-0.1, -0.05) is 11.6 Å². The third-order valence-electron chi connectivity index (χ3n) is 3.95. The summed E-state index contributed by atoms with van der Waals surface area (Å²) < 4.78 is 7.95. The zero-order chi connectivity index (χ0) is 15.1. The van der Waals surface area contributed by atoms with Crippen molar-refractivity contribution >= 4 is 28.7 Å². The molecule has 2 aromatic heterocycles.